The molecular formula is C14H11N3. The molecule has 0 saturated carbocycles. The molecule has 3 heteroatoms. The Hall–Kier alpha value is -2.16. The number of hydrogen-bond acceptors (Lipinski definition) is 2. The van der Waals surface area contributed by atoms with Gasteiger partial charge in [0.05, 0.1) is 12.1 Å². The highest BCUT2D eigenvalue weighted by Crippen LogP contribution is 2.14. The monoisotopic (exact) mass is 221 g/mol. The van der Waals surface area contributed by atoms with Crippen molar-refractivity contribution in [1.29, 1.82) is 0 Å². The molecule has 17 heavy (non-hydrogen) atoms. The molecule has 2 aliphatic rings. The fourth-order valence-electron chi connectivity index (χ4n) is 2.46. The molecule has 1 aromatic carbocycles. The van der Waals surface area contributed by atoms with E-state index in [4.69, 9.17) is 9.98 Å². The molecule has 0 spiro atoms. The van der Waals surface area contributed by atoms with Gasteiger partial charge >= 0.3 is 0 Å². The van der Waals surface area contributed by atoms with Gasteiger partial charge in [0.15, 0.2) is 5.49 Å². The summed E-state index contributed by atoms with van der Waals surface area (Å²) < 4.78 is 0. The Morgan fingerprint density at radius 2 is 1.71 bits per heavy atom. The lowest BCUT2D eigenvalue weighted by Crippen LogP contribution is -2.37. The van der Waals surface area contributed by atoms with Crippen LogP contribution >= 0.6 is 0 Å². The maximum absolute atomic E-state index is 4.79. The summed E-state index contributed by atoms with van der Waals surface area (Å²) in [7, 11) is 0. The predicted molar refractivity (Wildman–Crippen MR) is 66.5 cm³/mol. The van der Waals surface area contributed by atoms with Gasteiger partial charge in [-0.25, -0.2) is 0 Å². The SMILES string of the molecule is C1=CC2N=c3[nH]c4ccccc4c3=NC2C=C1. The smallest absolute Gasteiger partial charge is 0.152 e. The van der Waals surface area contributed by atoms with Gasteiger partial charge in [-0.3, -0.25) is 9.98 Å². The summed E-state index contributed by atoms with van der Waals surface area (Å²) in [6.45, 7) is 0. The Kier molecular flexibility index (Phi) is 1.66. The van der Waals surface area contributed by atoms with Crippen LogP contribution < -0.4 is 10.8 Å². The third-order valence-electron chi connectivity index (χ3n) is 3.29. The van der Waals surface area contributed by atoms with E-state index in [-0.39, 0.29) is 12.1 Å². The summed E-state index contributed by atoms with van der Waals surface area (Å²) in [6, 6.07) is 8.53. The zero-order valence-corrected chi connectivity index (χ0v) is 9.17. The minimum Gasteiger partial charge on any atom is -0.338 e. The van der Waals surface area contributed by atoms with Crippen LogP contribution in [0.5, 0.6) is 0 Å². The topological polar surface area (TPSA) is 40.5 Å². The first-order valence-electron chi connectivity index (χ1n) is 5.79. The van der Waals surface area contributed by atoms with Crippen molar-refractivity contribution < 1.29 is 0 Å². The van der Waals surface area contributed by atoms with Crippen molar-refractivity contribution in [1.82, 2.24) is 4.98 Å². The summed E-state index contributed by atoms with van der Waals surface area (Å²) in [5, 5.41) is 2.16. The van der Waals surface area contributed by atoms with Gasteiger partial charge in [0.25, 0.3) is 0 Å². The number of H-pyrrole nitrogens is 1. The molecule has 2 atom stereocenters. The normalized spacial score (nSPS) is 24.9. The van der Waals surface area contributed by atoms with E-state index in [9.17, 15) is 0 Å². The summed E-state index contributed by atoms with van der Waals surface area (Å²) in [5.41, 5.74) is 2.02. The van der Waals surface area contributed by atoms with Crippen molar-refractivity contribution >= 4 is 10.9 Å². The first-order chi connectivity index (χ1) is 8.42. The molecule has 1 aliphatic heterocycles. The van der Waals surface area contributed by atoms with Crippen molar-refractivity contribution in [2.45, 2.75) is 12.1 Å². The quantitative estimate of drug-likeness (QED) is 0.696. The van der Waals surface area contributed by atoms with E-state index >= 15 is 0 Å². The number of nitrogens with zero attached hydrogens (tertiary/aromatic N) is 2. The standard InChI is InChI=1S/C14H11N3/c1-2-6-10-9(5-1)13-14(16-10)17-12-8-4-3-7-11(12)15-13/h1-8,11-12H,(H,16,17). The number of benzene rings is 1. The summed E-state index contributed by atoms with van der Waals surface area (Å²) >= 11 is 0. The molecule has 0 amide bonds. The van der Waals surface area contributed by atoms with Crippen LogP contribution in [-0.4, -0.2) is 17.1 Å². The average molecular weight is 221 g/mol. The van der Waals surface area contributed by atoms with Crippen molar-refractivity contribution in [3.05, 3.63) is 59.4 Å². The second-order valence-corrected chi connectivity index (χ2v) is 4.38. The zero-order chi connectivity index (χ0) is 11.2. The molecule has 0 radical (unpaired) electrons. The molecule has 82 valence electrons. The van der Waals surface area contributed by atoms with Crippen LogP contribution in [-0.2, 0) is 0 Å². The molecular weight excluding hydrogens is 210 g/mol. The third-order valence-corrected chi connectivity index (χ3v) is 3.29. The fourth-order valence-corrected chi connectivity index (χ4v) is 2.46. The highest BCUT2D eigenvalue weighted by molar-refractivity contribution is 5.78. The van der Waals surface area contributed by atoms with Crippen molar-refractivity contribution in [3.63, 3.8) is 0 Å². The molecule has 2 heterocycles. The highest BCUT2D eigenvalue weighted by Gasteiger charge is 2.20. The van der Waals surface area contributed by atoms with E-state index in [1.54, 1.807) is 0 Å². The van der Waals surface area contributed by atoms with Gasteiger partial charge in [-0.1, -0.05) is 42.5 Å². The van der Waals surface area contributed by atoms with Crippen LogP contribution in [0.1, 0.15) is 0 Å². The number of hydrogen-bond donors (Lipinski definition) is 1. The predicted octanol–water partition coefficient (Wildman–Crippen LogP) is 1.28. The van der Waals surface area contributed by atoms with E-state index < -0.39 is 0 Å². The number of allylic oxidation sites excluding steroid dienone is 2. The lowest BCUT2D eigenvalue weighted by atomic mass is 10.0. The van der Waals surface area contributed by atoms with Crippen molar-refractivity contribution in [2.75, 3.05) is 0 Å². The van der Waals surface area contributed by atoms with Gasteiger partial charge in [0, 0.05) is 10.9 Å². The lowest BCUT2D eigenvalue weighted by Gasteiger charge is -2.18. The fraction of sp³-hybridized carbons (Fsp3) is 0.143. The van der Waals surface area contributed by atoms with E-state index in [1.165, 1.54) is 0 Å². The largest absolute Gasteiger partial charge is 0.338 e. The van der Waals surface area contributed by atoms with E-state index in [2.05, 4.69) is 29.3 Å². The summed E-state index contributed by atoms with van der Waals surface area (Å²) in [5.74, 6) is 0. The third kappa shape index (κ3) is 1.22. The molecule has 1 N–H and O–H groups in total. The molecule has 1 aromatic heterocycles. The van der Waals surface area contributed by atoms with Crippen LogP contribution in [0.15, 0.2) is 58.6 Å². The van der Waals surface area contributed by atoms with Gasteiger partial charge in [-0.05, 0) is 6.07 Å². The van der Waals surface area contributed by atoms with Crippen molar-refractivity contribution in [3.8, 4) is 0 Å². The number of aromatic nitrogens is 1. The second kappa shape index (κ2) is 3.17. The molecule has 0 saturated heterocycles. The first-order valence-corrected chi connectivity index (χ1v) is 5.79. The van der Waals surface area contributed by atoms with Crippen LogP contribution in [0.3, 0.4) is 0 Å². The summed E-state index contributed by atoms with van der Waals surface area (Å²) in [4.78, 5) is 12.8. The van der Waals surface area contributed by atoms with Crippen LogP contribution in [0.25, 0.3) is 10.9 Å². The molecule has 1 aliphatic carbocycles. The molecule has 3 nitrogen and oxygen atoms in total. The molecule has 0 fully saturated rings. The zero-order valence-electron chi connectivity index (χ0n) is 9.17. The molecule has 2 unspecified atom stereocenters. The molecule has 0 bridgehead atoms. The van der Waals surface area contributed by atoms with Crippen molar-refractivity contribution in [2.24, 2.45) is 9.98 Å². The number of rotatable bonds is 0. The summed E-state index contributed by atoms with van der Waals surface area (Å²) in [6.07, 6.45) is 8.29. The number of fused-ring (bicyclic) bond motifs is 4. The molecule has 2 aromatic rings. The van der Waals surface area contributed by atoms with E-state index in [0.717, 1.165) is 21.7 Å². The second-order valence-electron chi connectivity index (χ2n) is 4.38. The minimum absolute atomic E-state index is 0.153. The van der Waals surface area contributed by atoms with Crippen LogP contribution in [0.4, 0.5) is 0 Å². The van der Waals surface area contributed by atoms with Gasteiger partial charge in [0.1, 0.15) is 5.36 Å². The maximum atomic E-state index is 4.79. The minimum atomic E-state index is 0.153. The number of aromatic amines is 1. The Labute approximate surface area is 97.9 Å². The van der Waals surface area contributed by atoms with Gasteiger partial charge < -0.3 is 4.98 Å². The lowest BCUT2D eigenvalue weighted by molar-refractivity contribution is 0.642. The Bertz CT molecular complexity index is 764. The van der Waals surface area contributed by atoms with Gasteiger partial charge in [-0.2, -0.15) is 0 Å². The number of nitrogens with one attached hydrogen (secondary N) is 1. The van der Waals surface area contributed by atoms with Gasteiger partial charge in [0.2, 0.25) is 0 Å². The Morgan fingerprint density at radius 3 is 2.59 bits per heavy atom. The first kappa shape index (κ1) is 8.93. The van der Waals surface area contributed by atoms with E-state index in [1.807, 2.05) is 24.3 Å². The van der Waals surface area contributed by atoms with Crippen LogP contribution in [0.2, 0.25) is 0 Å². The Balaban J connectivity index is 2.11. The van der Waals surface area contributed by atoms with E-state index in [0.29, 0.717) is 0 Å². The maximum Gasteiger partial charge on any atom is 0.152 e. The highest BCUT2D eigenvalue weighted by atomic mass is 15.0. The molecule has 4 rings (SSSR count). The Morgan fingerprint density at radius 1 is 0.941 bits per heavy atom. The van der Waals surface area contributed by atoms with Gasteiger partial charge in [-0.15, -0.1) is 0 Å². The number of para-hydroxylation sites is 1. The average Bonchev–Trinajstić information content (AvgIpc) is 2.73. The van der Waals surface area contributed by atoms with Crippen LogP contribution in [0, 0.1) is 0 Å².